The summed E-state index contributed by atoms with van der Waals surface area (Å²) in [7, 11) is -4.02. The van der Waals surface area contributed by atoms with Crippen molar-refractivity contribution in [1.82, 2.24) is 19.5 Å². The topological polar surface area (TPSA) is 94.0 Å². The van der Waals surface area contributed by atoms with Gasteiger partial charge in [-0.25, -0.2) is 22.2 Å². The van der Waals surface area contributed by atoms with E-state index in [9.17, 15) is 17.6 Å². The molecule has 0 saturated carbocycles. The summed E-state index contributed by atoms with van der Waals surface area (Å²) in [6.45, 7) is 0. The van der Waals surface area contributed by atoms with Crippen LogP contribution in [0.3, 0.4) is 0 Å². The van der Waals surface area contributed by atoms with Crippen molar-refractivity contribution >= 4 is 15.9 Å². The van der Waals surface area contributed by atoms with Crippen LogP contribution in [0.1, 0.15) is 15.9 Å². The van der Waals surface area contributed by atoms with Gasteiger partial charge in [-0.2, -0.15) is 5.10 Å². The second-order valence-electron chi connectivity index (χ2n) is 6.73. The van der Waals surface area contributed by atoms with Gasteiger partial charge in [0.05, 0.1) is 17.0 Å². The highest BCUT2D eigenvalue weighted by Gasteiger charge is 2.23. The molecule has 1 amide bonds. The molecule has 156 valence electrons. The maximum absolute atomic E-state index is 13.1. The molecule has 2 heterocycles. The summed E-state index contributed by atoms with van der Waals surface area (Å²) in [5.74, 6) is -1.75. The number of carbonyl (C=O) groups excluding carboxylic acids is 1. The molecule has 1 N–H and O–H groups in total. The van der Waals surface area contributed by atoms with Crippen molar-refractivity contribution < 1.29 is 17.6 Å². The minimum Gasteiger partial charge on any atom is -0.268 e. The molecule has 7 nitrogen and oxygen atoms in total. The van der Waals surface area contributed by atoms with Gasteiger partial charge in [0, 0.05) is 24.2 Å². The highest BCUT2D eigenvalue weighted by Crippen LogP contribution is 2.23. The third-order valence-corrected chi connectivity index (χ3v) is 5.64. The first kappa shape index (κ1) is 20.4. The molecule has 0 bridgehead atoms. The molecule has 31 heavy (non-hydrogen) atoms. The Morgan fingerprint density at radius 3 is 2.42 bits per heavy atom. The Bertz CT molecular complexity index is 1310. The van der Waals surface area contributed by atoms with Gasteiger partial charge < -0.3 is 0 Å². The van der Waals surface area contributed by atoms with E-state index < -0.39 is 27.5 Å². The van der Waals surface area contributed by atoms with Crippen molar-refractivity contribution in [3.05, 3.63) is 102 Å². The Morgan fingerprint density at radius 1 is 1.00 bits per heavy atom. The van der Waals surface area contributed by atoms with E-state index >= 15 is 0 Å². The number of nitrogens with one attached hydrogen (secondary N) is 1. The maximum Gasteiger partial charge on any atom is 0.268 e. The summed E-state index contributed by atoms with van der Waals surface area (Å²) < 4.78 is 41.7. The van der Waals surface area contributed by atoms with Crippen LogP contribution < -0.4 is 4.72 Å². The van der Waals surface area contributed by atoms with Crippen molar-refractivity contribution in [2.24, 2.45) is 0 Å². The summed E-state index contributed by atoms with van der Waals surface area (Å²) in [6, 6.07) is 17.6. The maximum atomic E-state index is 13.1. The number of pyridine rings is 1. The first-order valence-corrected chi connectivity index (χ1v) is 10.9. The van der Waals surface area contributed by atoms with E-state index in [-0.39, 0.29) is 5.56 Å². The lowest BCUT2D eigenvalue weighted by Crippen LogP contribution is -2.31. The average molecular weight is 436 g/mol. The highest BCUT2D eigenvalue weighted by molar-refractivity contribution is 7.89. The lowest BCUT2D eigenvalue weighted by atomic mass is 10.1. The molecule has 0 fully saturated rings. The van der Waals surface area contributed by atoms with Gasteiger partial charge in [0.25, 0.3) is 5.91 Å². The number of amides is 1. The van der Waals surface area contributed by atoms with E-state index in [1.807, 2.05) is 30.3 Å². The lowest BCUT2D eigenvalue weighted by molar-refractivity contribution is 0.0982. The van der Waals surface area contributed by atoms with Gasteiger partial charge in [0.1, 0.15) is 11.5 Å². The van der Waals surface area contributed by atoms with Gasteiger partial charge in [-0.05, 0) is 42.0 Å². The summed E-state index contributed by atoms with van der Waals surface area (Å²) in [5.41, 5.74) is 2.01. The Hall–Kier alpha value is -3.85. The number of aromatic nitrogens is 3. The van der Waals surface area contributed by atoms with Crippen LogP contribution in [0, 0.1) is 5.82 Å². The zero-order valence-corrected chi connectivity index (χ0v) is 17.0. The van der Waals surface area contributed by atoms with Crippen molar-refractivity contribution in [2.45, 2.75) is 5.75 Å². The van der Waals surface area contributed by atoms with Gasteiger partial charge >= 0.3 is 0 Å². The summed E-state index contributed by atoms with van der Waals surface area (Å²) in [4.78, 5) is 17.0. The minimum atomic E-state index is -4.02. The first-order chi connectivity index (χ1) is 14.9. The van der Waals surface area contributed by atoms with Crippen LogP contribution in [-0.4, -0.2) is 29.1 Å². The van der Waals surface area contributed by atoms with Crippen LogP contribution in [0.15, 0.2) is 85.3 Å². The summed E-state index contributed by atoms with van der Waals surface area (Å²) in [5, 5.41) is 4.47. The van der Waals surface area contributed by atoms with E-state index in [4.69, 9.17) is 0 Å². The van der Waals surface area contributed by atoms with E-state index in [1.54, 1.807) is 24.5 Å². The fourth-order valence-corrected chi connectivity index (χ4v) is 4.10. The smallest absolute Gasteiger partial charge is 0.268 e. The normalized spacial score (nSPS) is 11.3. The second kappa shape index (κ2) is 8.49. The third kappa shape index (κ3) is 4.84. The van der Waals surface area contributed by atoms with Crippen LogP contribution in [0.5, 0.6) is 0 Å². The minimum absolute atomic E-state index is 0.0829. The van der Waals surface area contributed by atoms with Gasteiger partial charge in [0.2, 0.25) is 10.0 Å². The Kier molecular flexibility index (Phi) is 5.59. The lowest BCUT2D eigenvalue weighted by Gasteiger charge is -2.07. The van der Waals surface area contributed by atoms with Gasteiger partial charge in [-0.1, -0.05) is 30.3 Å². The van der Waals surface area contributed by atoms with Crippen LogP contribution in [0.2, 0.25) is 0 Å². The molecular formula is C22H17FN4O3S. The molecule has 2 aromatic carbocycles. The quantitative estimate of drug-likeness (QED) is 0.500. The van der Waals surface area contributed by atoms with Crippen LogP contribution in [-0.2, 0) is 15.8 Å². The fraction of sp³-hybridized carbons (Fsp3) is 0.0455. The third-order valence-electron chi connectivity index (χ3n) is 4.43. The number of nitrogens with zero attached hydrogens (tertiary/aromatic N) is 3. The molecule has 0 aliphatic heterocycles. The molecule has 2 aromatic heterocycles. The molecule has 0 unspecified atom stereocenters. The molecule has 0 aliphatic carbocycles. The Morgan fingerprint density at radius 2 is 1.74 bits per heavy atom. The highest BCUT2D eigenvalue weighted by atomic mass is 32.2. The number of hydrogen-bond acceptors (Lipinski definition) is 5. The number of para-hydroxylation sites is 1. The molecule has 4 aromatic rings. The zero-order valence-electron chi connectivity index (χ0n) is 16.1. The van der Waals surface area contributed by atoms with Crippen molar-refractivity contribution in [2.75, 3.05) is 0 Å². The second-order valence-corrected chi connectivity index (χ2v) is 8.45. The SMILES string of the molecule is O=C(NS(=O)(=O)Cc1ccc(F)cc1)c1cn(-c2ccccc2)nc1-c1cccnc1. The van der Waals surface area contributed by atoms with E-state index in [2.05, 4.69) is 14.8 Å². The van der Waals surface area contributed by atoms with Crippen molar-refractivity contribution in [1.29, 1.82) is 0 Å². The number of benzene rings is 2. The molecule has 0 radical (unpaired) electrons. The Balaban J connectivity index is 1.66. The van der Waals surface area contributed by atoms with Gasteiger partial charge in [0.15, 0.2) is 0 Å². The summed E-state index contributed by atoms with van der Waals surface area (Å²) >= 11 is 0. The predicted molar refractivity (Wildman–Crippen MR) is 113 cm³/mol. The molecule has 0 saturated heterocycles. The largest absolute Gasteiger partial charge is 0.268 e. The van der Waals surface area contributed by atoms with Crippen molar-refractivity contribution in [3.8, 4) is 16.9 Å². The van der Waals surface area contributed by atoms with E-state index in [1.165, 1.54) is 23.0 Å². The molecular weight excluding hydrogens is 419 g/mol. The van der Waals surface area contributed by atoms with Crippen molar-refractivity contribution in [3.63, 3.8) is 0 Å². The van der Waals surface area contributed by atoms with E-state index in [0.717, 1.165) is 12.1 Å². The Labute approximate surface area is 178 Å². The number of hydrogen-bond donors (Lipinski definition) is 1. The molecule has 4 rings (SSSR count). The number of carbonyl (C=O) groups is 1. The number of sulfonamides is 1. The first-order valence-electron chi connectivity index (χ1n) is 9.26. The monoisotopic (exact) mass is 436 g/mol. The zero-order chi connectivity index (χ0) is 21.8. The van der Waals surface area contributed by atoms with Gasteiger partial charge in [-0.3, -0.25) is 9.78 Å². The molecule has 0 atom stereocenters. The van der Waals surface area contributed by atoms with Crippen LogP contribution in [0.4, 0.5) is 4.39 Å². The van der Waals surface area contributed by atoms with E-state index in [0.29, 0.717) is 22.5 Å². The van der Waals surface area contributed by atoms with Crippen LogP contribution in [0.25, 0.3) is 16.9 Å². The van der Waals surface area contributed by atoms with Gasteiger partial charge in [-0.15, -0.1) is 0 Å². The number of rotatable bonds is 6. The van der Waals surface area contributed by atoms with Crippen LogP contribution >= 0.6 is 0 Å². The fourth-order valence-electron chi connectivity index (χ4n) is 3.00. The molecule has 9 heteroatoms. The molecule has 0 spiro atoms. The standard InChI is InChI=1S/C22H17FN4O3S/c23-18-10-8-16(9-11-18)15-31(29,30)26-22(28)20-14-27(19-6-2-1-3-7-19)25-21(20)17-5-4-12-24-13-17/h1-14H,15H2,(H,26,28). The summed E-state index contributed by atoms with van der Waals surface area (Å²) in [6.07, 6.45) is 4.60. The average Bonchev–Trinajstić information content (AvgIpc) is 3.22. The molecule has 0 aliphatic rings. The predicted octanol–water partition coefficient (Wildman–Crippen LogP) is 3.33. The number of halogens is 1.